The molecule has 0 spiro atoms. The molecule has 0 saturated heterocycles. The Kier molecular flexibility index (Phi) is 6.23. The summed E-state index contributed by atoms with van der Waals surface area (Å²) in [6, 6.07) is 7.20. The standard InChI is InChI=1S/C22H26N2O5/c1-22(2,3)29-19(25)13-27-17-7-5-16(6-8-17)24-21(26)20-18-9-4-14(11-23)10-15(18)12-28-20/h4,9-10,12,16-17H,5-8,13H2,1-3H3,(H,24,26). The second-order valence-corrected chi connectivity index (χ2v) is 8.32. The molecule has 1 aromatic carbocycles. The highest BCUT2D eigenvalue weighted by atomic mass is 16.6. The van der Waals surface area contributed by atoms with E-state index in [1.807, 2.05) is 20.8 Å². The Balaban J connectivity index is 1.48. The van der Waals surface area contributed by atoms with Gasteiger partial charge in [0.1, 0.15) is 12.2 Å². The van der Waals surface area contributed by atoms with Crippen LogP contribution in [0.3, 0.4) is 0 Å². The molecule has 29 heavy (non-hydrogen) atoms. The van der Waals surface area contributed by atoms with Gasteiger partial charge in [0.2, 0.25) is 0 Å². The molecule has 3 rings (SSSR count). The number of hydrogen-bond acceptors (Lipinski definition) is 6. The fraction of sp³-hybridized carbons (Fsp3) is 0.500. The van der Waals surface area contributed by atoms with Crippen molar-refractivity contribution in [3.8, 4) is 6.07 Å². The van der Waals surface area contributed by atoms with Crippen molar-refractivity contribution < 1.29 is 23.5 Å². The summed E-state index contributed by atoms with van der Waals surface area (Å²) in [4.78, 5) is 24.4. The number of ether oxygens (including phenoxy) is 2. The number of hydrogen-bond donors (Lipinski definition) is 1. The topological polar surface area (TPSA) is 102 Å². The lowest BCUT2D eigenvalue weighted by Gasteiger charge is -2.29. The third-order valence-corrected chi connectivity index (χ3v) is 4.80. The smallest absolute Gasteiger partial charge is 0.332 e. The number of benzene rings is 1. The van der Waals surface area contributed by atoms with Crippen molar-refractivity contribution in [3.05, 3.63) is 35.8 Å². The van der Waals surface area contributed by atoms with Gasteiger partial charge >= 0.3 is 5.97 Å². The zero-order valence-electron chi connectivity index (χ0n) is 17.0. The summed E-state index contributed by atoms with van der Waals surface area (Å²) in [5, 5.41) is 13.4. The Morgan fingerprint density at radius 2 is 1.97 bits per heavy atom. The van der Waals surface area contributed by atoms with Crippen LogP contribution in [0, 0.1) is 11.3 Å². The van der Waals surface area contributed by atoms with E-state index in [1.165, 1.54) is 6.26 Å². The first-order chi connectivity index (χ1) is 13.7. The van der Waals surface area contributed by atoms with Crippen LogP contribution in [0.4, 0.5) is 0 Å². The molecule has 1 heterocycles. The molecule has 1 saturated carbocycles. The molecular formula is C22H26N2O5. The van der Waals surface area contributed by atoms with Gasteiger partial charge in [-0.15, -0.1) is 0 Å². The zero-order valence-corrected chi connectivity index (χ0v) is 17.0. The number of nitriles is 1. The Hall–Kier alpha value is -2.85. The minimum atomic E-state index is -0.519. The van der Waals surface area contributed by atoms with Crippen LogP contribution in [-0.2, 0) is 14.3 Å². The minimum absolute atomic E-state index is 0.00971. The van der Waals surface area contributed by atoms with E-state index < -0.39 is 5.60 Å². The highest BCUT2D eigenvalue weighted by Gasteiger charge is 2.26. The van der Waals surface area contributed by atoms with Crippen molar-refractivity contribution in [2.45, 2.75) is 64.2 Å². The molecule has 0 radical (unpaired) electrons. The van der Waals surface area contributed by atoms with Gasteiger partial charge in [0, 0.05) is 16.8 Å². The molecule has 0 unspecified atom stereocenters. The molecule has 7 nitrogen and oxygen atoms in total. The van der Waals surface area contributed by atoms with Gasteiger partial charge in [-0.05, 0) is 64.7 Å². The zero-order chi connectivity index (χ0) is 21.0. The third-order valence-electron chi connectivity index (χ3n) is 4.80. The first-order valence-electron chi connectivity index (χ1n) is 9.81. The summed E-state index contributed by atoms with van der Waals surface area (Å²) in [5.74, 6) is -0.368. The van der Waals surface area contributed by atoms with Crippen molar-refractivity contribution >= 4 is 22.6 Å². The molecular weight excluding hydrogens is 372 g/mol. The maximum absolute atomic E-state index is 12.6. The van der Waals surface area contributed by atoms with Crippen molar-refractivity contribution in [2.75, 3.05) is 6.61 Å². The summed E-state index contributed by atoms with van der Waals surface area (Å²) in [7, 11) is 0. The van der Waals surface area contributed by atoms with Gasteiger partial charge in [-0.1, -0.05) is 0 Å². The fourth-order valence-corrected chi connectivity index (χ4v) is 3.48. The normalized spacial score (nSPS) is 19.5. The van der Waals surface area contributed by atoms with E-state index in [-0.39, 0.29) is 36.4 Å². The number of carbonyl (C=O) groups excluding carboxylic acids is 2. The van der Waals surface area contributed by atoms with E-state index in [4.69, 9.17) is 19.2 Å². The highest BCUT2D eigenvalue weighted by Crippen LogP contribution is 2.25. The summed E-state index contributed by atoms with van der Waals surface area (Å²) in [5.41, 5.74) is 0.00385. The molecule has 1 aromatic heterocycles. The van der Waals surface area contributed by atoms with E-state index in [0.717, 1.165) is 31.1 Å². The largest absolute Gasteiger partial charge is 0.458 e. The Morgan fingerprint density at radius 3 is 2.62 bits per heavy atom. The maximum Gasteiger partial charge on any atom is 0.332 e. The van der Waals surface area contributed by atoms with E-state index in [9.17, 15) is 9.59 Å². The molecule has 0 aliphatic heterocycles. The van der Waals surface area contributed by atoms with Crippen LogP contribution in [0.25, 0.3) is 10.8 Å². The molecule has 1 amide bonds. The van der Waals surface area contributed by atoms with Gasteiger partial charge in [-0.2, -0.15) is 5.26 Å². The van der Waals surface area contributed by atoms with Crippen molar-refractivity contribution in [1.29, 1.82) is 5.26 Å². The number of amides is 1. The number of esters is 1. The lowest BCUT2D eigenvalue weighted by molar-refractivity contribution is -0.162. The summed E-state index contributed by atoms with van der Waals surface area (Å²) in [6.45, 7) is 5.42. The first-order valence-corrected chi connectivity index (χ1v) is 9.81. The van der Waals surface area contributed by atoms with E-state index in [2.05, 4.69) is 11.4 Å². The average Bonchev–Trinajstić information content (AvgIpc) is 3.09. The fourth-order valence-electron chi connectivity index (χ4n) is 3.48. The lowest BCUT2D eigenvalue weighted by Crippen LogP contribution is -2.39. The Morgan fingerprint density at radius 1 is 1.24 bits per heavy atom. The van der Waals surface area contributed by atoms with Crippen molar-refractivity contribution in [1.82, 2.24) is 5.32 Å². The first kappa shape index (κ1) is 20.9. The highest BCUT2D eigenvalue weighted by molar-refractivity contribution is 6.05. The molecule has 1 fully saturated rings. The molecule has 1 aliphatic carbocycles. The number of nitrogens with one attached hydrogen (secondary N) is 1. The monoisotopic (exact) mass is 398 g/mol. The minimum Gasteiger partial charge on any atom is -0.458 e. The van der Waals surface area contributed by atoms with E-state index in [0.29, 0.717) is 10.9 Å². The van der Waals surface area contributed by atoms with Crippen molar-refractivity contribution in [3.63, 3.8) is 0 Å². The van der Waals surface area contributed by atoms with Gasteiger partial charge < -0.3 is 19.2 Å². The summed E-state index contributed by atoms with van der Waals surface area (Å²) < 4.78 is 16.4. The van der Waals surface area contributed by atoms with Crippen LogP contribution < -0.4 is 5.32 Å². The maximum atomic E-state index is 12.6. The van der Waals surface area contributed by atoms with Gasteiger partial charge in [-0.25, -0.2) is 4.79 Å². The van der Waals surface area contributed by atoms with Gasteiger partial charge in [-0.3, -0.25) is 4.79 Å². The quantitative estimate of drug-likeness (QED) is 0.771. The molecule has 1 aliphatic rings. The molecule has 154 valence electrons. The van der Waals surface area contributed by atoms with Gasteiger partial charge in [0.25, 0.3) is 5.91 Å². The molecule has 2 aromatic rings. The van der Waals surface area contributed by atoms with Crippen LogP contribution in [0.5, 0.6) is 0 Å². The predicted octanol–water partition coefficient (Wildman–Crippen LogP) is 3.70. The van der Waals surface area contributed by atoms with E-state index >= 15 is 0 Å². The number of furan rings is 1. The number of rotatable bonds is 5. The molecule has 1 N–H and O–H groups in total. The molecule has 0 atom stereocenters. The van der Waals surface area contributed by atoms with Crippen LogP contribution in [0.1, 0.15) is 62.6 Å². The predicted molar refractivity (Wildman–Crippen MR) is 106 cm³/mol. The lowest BCUT2D eigenvalue weighted by atomic mass is 9.93. The van der Waals surface area contributed by atoms with Crippen LogP contribution in [0.15, 0.2) is 28.9 Å². The average molecular weight is 398 g/mol. The van der Waals surface area contributed by atoms with Crippen LogP contribution in [-0.4, -0.2) is 36.2 Å². The van der Waals surface area contributed by atoms with Gasteiger partial charge in [0.05, 0.1) is 24.0 Å². The Bertz CT molecular complexity index is 927. The van der Waals surface area contributed by atoms with E-state index in [1.54, 1.807) is 18.2 Å². The van der Waals surface area contributed by atoms with Gasteiger partial charge in [0.15, 0.2) is 5.76 Å². The Labute approximate surface area is 170 Å². The molecule has 7 heteroatoms. The second kappa shape index (κ2) is 8.66. The SMILES string of the molecule is CC(C)(C)OC(=O)COC1CCC(NC(=O)c2occ3cc(C#N)ccc23)CC1. The number of nitrogens with zero attached hydrogens (tertiary/aromatic N) is 1. The number of fused-ring (bicyclic) bond motifs is 1. The van der Waals surface area contributed by atoms with Crippen molar-refractivity contribution in [2.24, 2.45) is 0 Å². The van der Waals surface area contributed by atoms with Crippen LogP contribution >= 0.6 is 0 Å². The van der Waals surface area contributed by atoms with Crippen LogP contribution in [0.2, 0.25) is 0 Å². The second-order valence-electron chi connectivity index (χ2n) is 8.32. The molecule has 0 bridgehead atoms. The summed E-state index contributed by atoms with van der Waals surface area (Å²) >= 11 is 0. The number of carbonyl (C=O) groups is 2. The summed E-state index contributed by atoms with van der Waals surface area (Å²) in [6.07, 6.45) is 4.54. The third kappa shape index (κ3) is 5.58.